The van der Waals surface area contributed by atoms with Crippen molar-refractivity contribution < 1.29 is 13.2 Å². The summed E-state index contributed by atoms with van der Waals surface area (Å²) in [6.45, 7) is 0. The maximum atomic E-state index is 12.5. The molecule has 0 atom stereocenters. The molecular weight excluding hydrogens is 380 g/mol. The summed E-state index contributed by atoms with van der Waals surface area (Å²) in [6.07, 6.45) is 0. The third kappa shape index (κ3) is 4.19. The quantitative estimate of drug-likeness (QED) is 0.673. The number of carbonyl (C=O) groups excluding carboxylic acids is 1. The molecule has 0 aliphatic carbocycles. The van der Waals surface area contributed by atoms with E-state index in [1.165, 1.54) is 6.07 Å². The van der Waals surface area contributed by atoms with Gasteiger partial charge in [0.25, 0.3) is 15.9 Å². The number of amides is 1. The number of halogens is 1. The van der Waals surface area contributed by atoms with Crippen molar-refractivity contribution in [2.45, 2.75) is 4.21 Å². The molecule has 2 N–H and O–H groups in total. The summed E-state index contributed by atoms with van der Waals surface area (Å²) < 4.78 is 27.4. The lowest BCUT2D eigenvalue weighted by Crippen LogP contribution is -2.18. The number of thiophene rings is 1. The van der Waals surface area contributed by atoms with Gasteiger partial charge in [-0.2, -0.15) is 0 Å². The number of para-hydroxylation sites is 1. The zero-order valence-corrected chi connectivity index (χ0v) is 15.2. The van der Waals surface area contributed by atoms with Crippen molar-refractivity contribution in [2.75, 3.05) is 10.0 Å². The number of carbonyl (C=O) groups is 1. The molecule has 0 saturated heterocycles. The molecule has 5 nitrogen and oxygen atoms in total. The van der Waals surface area contributed by atoms with E-state index in [0.717, 1.165) is 11.3 Å². The maximum absolute atomic E-state index is 12.5. The standard InChI is InChI=1S/C17H13ClN2O3S2/c18-12-7-9-13(10-8-12)19-17(21)14-4-1-2-5-15(14)20-25(22,23)16-6-3-11-24-16/h1-11,20H,(H,19,21). The van der Waals surface area contributed by atoms with Crippen LogP contribution in [0.2, 0.25) is 5.02 Å². The predicted octanol–water partition coefficient (Wildman–Crippen LogP) is 4.45. The fraction of sp³-hybridized carbons (Fsp3) is 0. The number of benzene rings is 2. The first-order valence-electron chi connectivity index (χ1n) is 7.18. The van der Waals surface area contributed by atoms with E-state index in [4.69, 9.17) is 11.6 Å². The van der Waals surface area contributed by atoms with Crippen LogP contribution in [0, 0.1) is 0 Å². The van der Waals surface area contributed by atoms with Gasteiger partial charge in [-0.15, -0.1) is 11.3 Å². The molecule has 1 aromatic heterocycles. The van der Waals surface area contributed by atoms with Gasteiger partial charge in [0.2, 0.25) is 0 Å². The molecule has 0 aliphatic rings. The number of nitrogens with one attached hydrogen (secondary N) is 2. The van der Waals surface area contributed by atoms with Crippen LogP contribution < -0.4 is 10.0 Å². The van der Waals surface area contributed by atoms with Crippen LogP contribution in [0.25, 0.3) is 0 Å². The van der Waals surface area contributed by atoms with Gasteiger partial charge < -0.3 is 5.32 Å². The Morgan fingerprint density at radius 1 is 0.960 bits per heavy atom. The van der Waals surface area contributed by atoms with Gasteiger partial charge in [0.15, 0.2) is 0 Å². The molecule has 25 heavy (non-hydrogen) atoms. The summed E-state index contributed by atoms with van der Waals surface area (Å²) in [5, 5.41) is 4.95. The molecule has 0 spiro atoms. The molecule has 0 unspecified atom stereocenters. The monoisotopic (exact) mass is 392 g/mol. The molecule has 128 valence electrons. The Labute approximate surface area is 154 Å². The van der Waals surface area contributed by atoms with Crippen LogP contribution in [0.15, 0.2) is 70.3 Å². The second-order valence-corrected chi connectivity index (χ2v) is 8.34. The average molecular weight is 393 g/mol. The van der Waals surface area contributed by atoms with Gasteiger partial charge in [0, 0.05) is 10.7 Å². The molecule has 0 saturated carbocycles. The largest absolute Gasteiger partial charge is 0.322 e. The van der Waals surface area contributed by atoms with Crippen LogP contribution in [0.3, 0.4) is 0 Å². The van der Waals surface area contributed by atoms with Gasteiger partial charge in [-0.3, -0.25) is 9.52 Å². The first-order chi connectivity index (χ1) is 12.0. The van der Waals surface area contributed by atoms with Crippen molar-refractivity contribution in [3.8, 4) is 0 Å². The van der Waals surface area contributed by atoms with Gasteiger partial charge in [0.1, 0.15) is 4.21 Å². The SMILES string of the molecule is O=C(Nc1ccc(Cl)cc1)c1ccccc1NS(=O)(=O)c1cccs1. The molecule has 1 amide bonds. The molecule has 3 rings (SSSR count). The highest BCUT2D eigenvalue weighted by Crippen LogP contribution is 2.24. The minimum Gasteiger partial charge on any atom is -0.322 e. The Morgan fingerprint density at radius 3 is 2.36 bits per heavy atom. The van der Waals surface area contributed by atoms with Gasteiger partial charge >= 0.3 is 0 Å². The van der Waals surface area contributed by atoms with Crippen LogP contribution in [-0.4, -0.2) is 14.3 Å². The molecule has 8 heteroatoms. The maximum Gasteiger partial charge on any atom is 0.271 e. The van der Waals surface area contributed by atoms with Gasteiger partial charge in [-0.05, 0) is 47.8 Å². The molecule has 0 fully saturated rings. The summed E-state index contributed by atoms with van der Waals surface area (Å²) in [5.41, 5.74) is 0.991. The number of anilines is 2. The first-order valence-corrected chi connectivity index (χ1v) is 9.92. The molecule has 0 radical (unpaired) electrons. The zero-order valence-electron chi connectivity index (χ0n) is 12.8. The highest BCUT2D eigenvalue weighted by Gasteiger charge is 2.19. The van der Waals surface area contributed by atoms with E-state index in [-0.39, 0.29) is 15.5 Å². The molecule has 0 bridgehead atoms. The van der Waals surface area contributed by atoms with Crippen LogP contribution in [0.4, 0.5) is 11.4 Å². The van der Waals surface area contributed by atoms with E-state index in [1.807, 2.05) is 0 Å². The van der Waals surface area contributed by atoms with Crippen LogP contribution in [-0.2, 0) is 10.0 Å². The number of sulfonamides is 1. The minimum atomic E-state index is -3.73. The predicted molar refractivity (Wildman–Crippen MR) is 101 cm³/mol. The van der Waals surface area contributed by atoms with Crippen molar-refractivity contribution in [1.82, 2.24) is 0 Å². The van der Waals surface area contributed by atoms with E-state index in [1.54, 1.807) is 60.0 Å². The molecular formula is C17H13ClN2O3S2. The molecule has 0 aliphatic heterocycles. The highest BCUT2D eigenvalue weighted by atomic mass is 35.5. The summed E-state index contributed by atoms with van der Waals surface area (Å²) in [4.78, 5) is 12.5. The fourth-order valence-electron chi connectivity index (χ4n) is 2.11. The van der Waals surface area contributed by atoms with Crippen molar-refractivity contribution in [2.24, 2.45) is 0 Å². The van der Waals surface area contributed by atoms with Gasteiger partial charge in [-0.25, -0.2) is 8.42 Å². The smallest absolute Gasteiger partial charge is 0.271 e. The summed E-state index contributed by atoms with van der Waals surface area (Å²) in [5.74, 6) is -0.424. The third-order valence-corrected chi connectivity index (χ3v) is 6.29. The number of rotatable bonds is 5. The highest BCUT2D eigenvalue weighted by molar-refractivity contribution is 7.94. The lowest BCUT2D eigenvalue weighted by Gasteiger charge is -2.12. The summed E-state index contributed by atoms with van der Waals surface area (Å²) in [6, 6.07) is 16.2. The lowest BCUT2D eigenvalue weighted by molar-refractivity contribution is 0.102. The normalized spacial score (nSPS) is 11.1. The summed E-state index contributed by atoms with van der Waals surface area (Å²) in [7, 11) is -3.73. The van der Waals surface area contributed by atoms with Crippen molar-refractivity contribution in [3.05, 3.63) is 76.6 Å². The Kier molecular flexibility index (Phi) is 5.08. The number of hydrogen-bond donors (Lipinski definition) is 2. The van der Waals surface area contributed by atoms with E-state index < -0.39 is 15.9 Å². The topological polar surface area (TPSA) is 75.3 Å². The van der Waals surface area contributed by atoms with E-state index in [0.29, 0.717) is 10.7 Å². The van der Waals surface area contributed by atoms with Crippen molar-refractivity contribution in [1.29, 1.82) is 0 Å². The average Bonchev–Trinajstić information content (AvgIpc) is 3.12. The van der Waals surface area contributed by atoms with Crippen LogP contribution >= 0.6 is 22.9 Å². The van der Waals surface area contributed by atoms with E-state index in [9.17, 15) is 13.2 Å². The third-order valence-electron chi connectivity index (χ3n) is 3.28. The van der Waals surface area contributed by atoms with E-state index >= 15 is 0 Å². The Balaban J connectivity index is 1.85. The Bertz CT molecular complexity index is 985. The fourth-order valence-corrected chi connectivity index (χ4v) is 4.31. The van der Waals surface area contributed by atoms with Gasteiger partial charge in [-0.1, -0.05) is 29.8 Å². The zero-order chi connectivity index (χ0) is 17.9. The van der Waals surface area contributed by atoms with E-state index in [2.05, 4.69) is 10.0 Å². The van der Waals surface area contributed by atoms with Crippen LogP contribution in [0.5, 0.6) is 0 Å². The lowest BCUT2D eigenvalue weighted by atomic mass is 10.1. The minimum absolute atomic E-state index is 0.181. The van der Waals surface area contributed by atoms with Gasteiger partial charge in [0.05, 0.1) is 11.3 Å². The first kappa shape index (κ1) is 17.5. The molecule has 1 heterocycles. The Hall–Kier alpha value is -2.35. The molecule has 2 aromatic carbocycles. The Morgan fingerprint density at radius 2 is 1.68 bits per heavy atom. The molecule has 3 aromatic rings. The van der Waals surface area contributed by atoms with Crippen molar-refractivity contribution >= 4 is 50.2 Å². The number of hydrogen-bond acceptors (Lipinski definition) is 4. The second-order valence-electron chi connectivity index (χ2n) is 5.04. The van der Waals surface area contributed by atoms with Crippen LogP contribution in [0.1, 0.15) is 10.4 Å². The summed E-state index contributed by atoms with van der Waals surface area (Å²) >= 11 is 6.93. The second kappa shape index (κ2) is 7.26. The van der Waals surface area contributed by atoms with Crippen molar-refractivity contribution in [3.63, 3.8) is 0 Å².